The number of allylic oxidation sites excluding steroid dienone is 1. The van der Waals surface area contributed by atoms with Gasteiger partial charge in [0.25, 0.3) is 0 Å². The molecule has 1 aliphatic rings. The minimum atomic E-state index is -0.767. The minimum Gasteiger partial charge on any atom is -0.497 e. The number of carbonyl (C=O) groups is 2. The van der Waals surface area contributed by atoms with Gasteiger partial charge in [-0.25, -0.2) is 4.79 Å². The first-order chi connectivity index (χ1) is 12.9. The maximum atomic E-state index is 12.7. The van der Waals surface area contributed by atoms with Crippen LogP contribution in [-0.2, 0) is 9.53 Å². The summed E-state index contributed by atoms with van der Waals surface area (Å²) in [6, 6.07) is 10.6. The molecule has 1 heterocycles. The summed E-state index contributed by atoms with van der Waals surface area (Å²) in [5, 5.41) is 0. The van der Waals surface area contributed by atoms with E-state index in [-0.39, 0.29) is 11.5 Å². The first kappa shape index (κ1) is 18.5. The summed E-state index contributed by atoms with van der Waals surface area (Å²) in [7, 11) is 2.88. The summed E-state index contributed by atoms with van der Waals surface area (Å²) in [6.45, 7) is 3.39. The quantitative estimate of drug-likeness (QED) is 0.594. The predicted octanol–water partition coefficient (Wildman–Crippen LogP) is 3.56. The van der Waals surface area contributed by atoms with Gasteiger partial charge in [0.05, 0.1) is 19.8 Å². The lowest BCUT2D eigenvalue weighted by Crippen LogP contribution is -2.24. The number of Topliss-reactive ketones (excluding diaryl/α,β-unsaturated/α-hetero) is 1. The molecule has 2 aromatic carbocycles. The van der Waals surface area contributed by atoms with Gasteiger partial charge in [0.1, 0.15) is 17.2 Å². The third kappa shape index (κ3) is 3.79. The molecule has 3 rings (SSSR count). The van der Waals surface area contributed by atoms with Crippen molar-refractivity contribution in [1.82, 2.24) is 0 Å². The standard InChI is InChI=1S/C21H20O6/c1-12-8-16(26-13(2)21(23)25-4)11-17-19(12)20(22)18(27-17)10-14-6-5-7-15(9-14)24-3/h5-11,13H,1-4H3/b18-10-. The van der Waals surface area contributed by atoms with Crippen molar-refractivity contribution in [2.24, 2.45) is 0 Å². The summed E-state index contributed by atoms with van der Waals surface area (Å²) >= 11 is 0. The van der Waals surface area contributed by atoms with Gasteiger partial charge in [0.2, 0.25) is 5.78 Å². The van der Waals surface area contributed by atoms with Gasteiger partial charge >= 0.3 is 5.97 Å². The van der Waals surface area contributed by atoms with Crippen molar-refractivity contribution in [3.63, 3.8) is 0 Å². The van der Waals surface area contributed by atoms with Crippen molar-refractivity contribution in [3.8, 4) is 17.2 Å². The molecule has 0 aromatic heterocycles. The van der Waals surface area contributed by atoms with E-state index in [4.69, 9.17) is 14.2 Å². The van der Waals surface area contributed by atoms with Gasteiger partial charge in [-0.2, -0.15) is 0 Å². The Hall–Kier alpha value is -3.28. The Morgan fingerprint density at radius 1 is 1.15 bits per heavy atom. The van der Waals surface area contributed by atoms with Crippen LogP contribution in [0.15, 0.2) is 42.2 Å². The maximum absolute atomic E-state index is 12.7. The summed E-state index contributed by atoms with van der Waals surface area (Å²) < 4.78 is 21.2. The molecule has 0 saturated heterocycles. The van der Waals surface area contributed by atoms with E-state index in [1.54, 1.807) is 39.2 Å². The van der Waals surface area contributed by atoms with Crippen LogP contribution in [0.2, 0.25) is 0 Å². The third-order valence-electron chi connectivity index (χ3n) is 4.18. The lowest BCUT2D eigenvalue weighted by molar-refractivity contribution is -0.147. The molecule has 0 spiro atoms. The topological polar surface area (TPSA) is 71.1 Å². The fraction of sp³-hybridized carbons (Fsp3) is 0.238. The van der Waals surface area contributed by atoms with Gasteiger partial charge in [-0.05, 0) is 49.2 Å². The van der Waals surface area contributed by atoms with Crippen LogP contribution in [0.25, 0.3) is 6.08 Å². The number of benzene rings is 2. The van der Waals surface area contributed by atoms with Crippen LogP contribution in [0.1, 0.15) is 28.4 Å². The fourth-order valence-corrected chi connectivity index (χ4v) is 2.85. The largest absolute Gasteiger partial charge is 0.497 e. The molecule has 0 bridgehead atoms. The molecular formula is C21H20O6. The Morgan fingerprint density at radius 2 is 1.93 bits per heavy atom. The molecule has 1 aliphatic heterocycles. The Kier molecular flexibility index (Phi) is 5.16. The summed E-state index contributed by atoms with van der Waals surface area (Å²) in [6.07, 6.45) is 0.901. The molecule has 0 saturated carbocycles. The van der Waals surface area contributed by atoms with Crippen molar-refractivity contribution >= 4 is 17.8 Å². The molecule has 2 aromatic rings. The molecule has 0 aliphatic carbocycles. The van der Waals surface area contributed by atoms with Crippen molar-refractivity contribution < 1.29 is 28.5 Å². The van der Waals surface area contributed by atoms with Gasteiger partial charge in [-0.15, -0.1) is 0 Å². The first-order valence-corrected chi connectivity index (χ1v) is 8.40. The number of esters is 1. The molecule has 1 unspecified atom stereocenters. The van der Waals surface area contributed by atoms with Crippen LogP contribution in [0.5, 0.6) is 17.2 Å². The summed E-state index contributed by atoms with van der Waals surface area (Å²) in [4.78, 5) is 24.3. The summed E-state index contributed by atoms with van der Waals surface area (Å²) in [5.41, 5.74) is 1.99. The van der Waals surface area contributed by atoms with Crippen LogP contribution in [0.4, 0.5) is 0 Å². The number of carbonyl (C=O) groups excluding carboxylic acids is 2. The number of ether oxygens (including phenoxy) is 4. The molecule has 0 radical (unpaired) electrons. The number of fused-ring (bicyclic) bond motifs is 1. The second kappa shape index (κ2) is 7.53. The van der Waals surface area contributed by atoms with Gasteiger partial charge < -0.3 is 18.9 Å². The number of ketones is 1. The maximum Gasteiger partial charge on any atom is 0.346 e. The highest BCUT2D eigenvalue weighted by Gasteiger charge is 2.30. The smallest absolute Gasteiger partial charge is 0.346 e. The minimum absolute atomic E-state index is 0.196. The van der Waals surface area contributed by atoms with Gasteiger partial charge in [-0.3, -0.25) is 4.79 Å². The van der Waals surface area contributed by atoms with Crippen molar-refractivity contribution in [2.45, 2.75) is 20.0 Å². The van der Waals surface area contributed by atoms with E-state index in [9.17, 15) is 9.59 Å². The monoisotopic (exact) mass is 368 g/mol. The van der Waals surface area contributed by atoms with E-state index in [1.807, 2.05) is 24.3 Å². The van der Waals surface area contributed by atoms with Crippen LogP contribution in [0, 0.1) is 6.92 Å². The lowest BCUT2D eigenvalue weighted by Gasteiger charge is -2.13. The van der Waals surface area contributed by atoms with Gasteiger partial charge in [0.15, 0.2) is 11.9 Å². The van der Waals surface area contributed by atoms with E-state index in [0.29, 0.717) is 28.4 Å². The van der Waals surface area contributed by atoms with Crippen LogP contribution in [-0.4, -0.2) is 32.1 Å². The molecule has 140 valence electrons. The highest BCUT2D eigenvalue weighted by Crippen LogP contribution is 2.38. The number of aryl methyl sites for hydroxylation is 1. The molecule has 0 amide bonds. The van der Waals surface area contributed by atoms with Crippen LogP contribution < -0.4 is 14.2 Å². The molecule has 0 N–H and O–H groups in total. The van der Waals surface area contributed by atoms with E-state index < -0.39 is 12.1 Å². The van der Waals surface area contributed by atoms with Crippen molar-refractivity contribution in [3.05, 3.63) is 58.8 Å². The first-order valence-electron chi connectivity index (χ1n) is 8.40. The second-order valence-corrected chi connectivity index (χ2v) is 6.11. The number of hydrogen-bond acceptors (Lipinski definition) is 6. The highest BCUT2D eigenvalue weighted by atomic mass is 16.6. The third-order valence-corrected chi connectivity index (χ3v) is 4.18. The average molecular weight is 368 g/mol. The summed E-state index contributed by atoms with van der Waals surface area (Å²) in [5.74, 6) is 1.07. The van der Waals surface area contributed by atoms with Gasteiger partial charge in [-0.1, -0.05) is 12.1 Å². The number of methoxy groups -OCH3 is 2. The second-order valence-electron chi connectivity index (χ2n) is 6.11. The zero-order chi connectivity index (χ0) is 19.6. The highest BCUT2D eigenvalue weighted by molar-refractivity contribution is 6.15. The molecule has 27 heavy (non-hydrogen) atoms. The average Bonchev–Trinajstić information content (AvgIpc) is 2.96. The SMILES string of the molecule is COC(=O)C(C)Oc1cc(C)c2c(c1)O/C(=C\c1cccc(OC)c1)C2=O. The van der Waals surface area contributed by atoms with Crippen LogP contribution >= 0.6 is 0 Å². The van der Waals surface area contributed by atoms with Crippen molar-refractivity contribution in [2.75, 3.05) is 14.2 Å². The molecule has 1 atom stereocenters. The zero-order valence-corrected chi connectivity index (χ0v) is 15.6. The molecule has 6 heteroatoms. The predicted molar refractivity (Wildman–Crippen MR) is 99.2 cm³/mol. The van der Waals surface area contributed by atoms with E-state index in [2.05, 4.69) is 4.74 Å². The van der Waals surface area contributed by atoms with Crippen molar-refractivity contribution in [1.29, 1.82) is 0 Å². The Balaban J connectivity index is 1.89. The molecule has 0 fully saturated rings. The van der Waals surface area contributed by atoms with E-state index >= 15 is 0 Å². The Labute approximate surface area is 157 Å². The van der Waals surface area contributed by atoms with E-state index in [1.165, 1.54) is 7.11 Å². The Morgan fingerprint density at radius 3 is 2.63 bits per heavy atom. The molecule has 6 nitrogen and oxygen atoms in total. The number of rotatable bonds is 5. The van der Waals surface area contributed by atoms with Gasteiger partial charge in [0, 0.05) is 6.07 Å². The zero-order valence-electron chi connectivity index (χ0n) is 15.6. The lowest BCUT2D eigenvalue weighted by atomic mass is 10.0. The number of hydrogen-bond donors (Lipinski definition) is 0. The fourth-order valence-electron chi connectivity index (χ4n) is 2.85. The van der Waals surface area contributed by atoms with E-state index in [0.717, 1.165) is 5.56 Å². The Bertz CT molecular complexity index is 928. The normalized spacial score (nSPS) is 15.1. The van der Waals surface area contributed by atoms with Crippen LogP contribution in [0.3, 0.4) is 0 Å². The molecular weight excluding hydrogens is 348 g/mol.